The van der Waals surface area contributed by atoms with E-state index in [4.69, 9.17) is 32.4 Å². The Hall–Kier alpha value is -3.73. The van der Waals surface area contributed by atoms with E-state index in [-0.39, 0.29) is 17.5 Å². The Balaban J connectivity index is 1.28. The molecule has 2 aromatic heterocycles. The van der Waals surface area contributed by atoms with E-state index in [9.17, 15) is 9.59 Å². The van der Waals surface area contributed by atoms with E-state index in [1.807, 2.05) is 0 Å². The first-order valence-electron chi connectivity index (χ1n) is 10.1. The normalized spacial score (nSPS) is 10.9. The highest BCUT2D eigenvalue weighted by Gasteiger charge is 2.13. The summed E-state index contributed by atoms with van der Waals surface area (Å²) >= 11 is 13.2. The molecule has 0 atom stereocenters. The molecule has 35 heavy (non-hydrogen) atoms. The molecule has 0 spiro atoms. The van der Waals surface area contributed by atoms with Crippen LogP contribution in [0.4, 0.5) is 5.13 Å². The molecule has 0 aliphatic rings. The van der Waals surface area contributed by atoms with Crippen molar-refractivity contribution < 1.29 is 18.7 Å². The zero-order chi connectivity index (χ0) is 24.8. The third-order valence-electron chi connectivity index (χ3n) is 4.56. The summed E-state index contributed by atoms with van der Waals surface area (Å²) in [6, 6.07) is 15.1. The second kappa shape index (κ2) is 11.1. The minimum absolute atomic E-state index is 0.0583. The number of ether oxygens (including phenoxy) is 1. The Morgan fingerprint density at radius 1 is 1.11 bits per heavy atom. The molecule has 2 heterocycles. The van der Waals surface area contributed by atoms with E-state index in [0.717, 1.165) is 11.3 Å². The largest absolute Gasteiger partial charge is 0.497 e. The van der Waals surface area contributed by atoms with Gasteiger partial charge in [-0.15, -0.1) is 10.2 Å². The molecule has 0 aliphatic heterocycles. The van der Waals surface area contributed by atoms with Gasteiger partial charge in [-0.1, -0.05) is 34.5 Å². The first-order chi connectivity index (χ1) is 16.9. The van der Waals surface area contributed by atoms with Crippen LogP contribution in [-0.4, -0.2) is 35.3 Å². The second-order valence-electron chi connectivity index (χ2n) is 6.98. The van der Waals surface area contributed by atoms with Crippen molar-refractivity contribution in [3.8, 4) is 17.1 Å². The van der Waals surface area contributed by atoms with Crippen LogP contribution in [0.3, 0.4) is 0 Å². The quantitative estimate of drug-likeness (QED) is 0.243. The first kappa shape index (κ1) is 24.4. The van der Waals surface area contributed by atoms with Crippen molar-refractivity contribution in [2.45, 2.75) is 6.42 Å². The minimum atomic E-state index is -0.405. The highest BCUT2D eigenvalue weighted by molar-refractivity contribution is 7.15. The van der Waals surface area contributed by atoms with Gasteiger partial charge in [-0.25, -0.2) is 5.43 Å². The Morgan fingerprint density at radius 2 is 1.91 bits per heavy atom. The number of hydrogen-bond acceptors (Lipinski definition) is 8. The predicted octanol–water partition coefficient (Wildman–Crippen LogP) is 5.06. The topological polar surface area (TPSA) is 119 Å². The maximum atomic E-state index is 12.3. The van der Waals surface area contributed by atoms with Gasteiger partial charge in [0.05, 0.1) is 24.8 Å². The predicted molar refractivity (Wildman–Crippen MR) is 134 cm³/mol. The molecule has 0 fully saturated rings. The van der Waals surface area contributed by atoms with Gasteiger partial charge in [-0.05, 0) is 54.6 Å². The molecule has 4 aromatic rings. The van der Waals surface area contributed by atoms with Crippen LogP contribution >= 0.6 is 34.5 Å². The summed E-state index contributed by atoms with van der Waals surface area (Å²) in [5, 5.41) is 16.1. The van der Waals surface area contributed by atoms with Crippen LogP contribution in [0.5, 0.6) is 5.75 Å². The monoisotopic (exact) mass is 529 g/mol. The lowest BCUT2D eigenvalue weighted by atomic mass is 10.2. The number of carbonyl (C=O) groups excluding carboxylic acids is 2. The van der Waals surface area contributed by atoms with E-state index in [2.05, 4.69) is 26.0 Å². The van der Waals surface area contributed by atoms with Crippen LogP contribution in [0.2, 0.25) is 10.0 Å². The standard InChI is InChI=1S/C23H17Cl2N5O4S/c1-33-15-5-2-13(3-6-15)22(32)27-23-30-29-21(35-23)11-20(31)28-26-12-16-7-9-19(34-16)17-8-4-14(24)10-18(17)25/h2-10,12H,11H2,1H3,(H,28,31)(H,27,30,32)/b26-12-. The van der Waals surface area contributed by atoms with Gasteiger partial charge in [0.1, 0.15) is 22.3 Å². The third-order valence-corrected chi connectivity index (χ3v) is 5.94. The molecule has 2 aromatic carbocycles. The molecule has 2 amide bonds. The summed E-state index contributed by atoms with van der Waals surface area (Å²) in [5.74, 6) is 0.857. The van der Waals surface area contributed by atoms with Crippen molar-refractivity contribution in [1.29, 1.82) is 0 Å². The van der Waals surface area contributed by atoms with Crippen LogP contribution in [0.15, 0.2) is 64.1 Å². The van der Waals surface area contributed by atoms with Gasteiger partial charge in [-0.2, -0.15) is 5.10 Å². The zero-order valence-corrected chi connectivity index (χ0v) is 20.4. The number of carbonyl (C=O) groups is 2. The number of nitrogens with one attached hydrogen (secondary N) is 2. The van der Waals surface area contributed by atoms with E-state index in [0.29, 0.717) is 43.4 Å². The fraction of sp³-hybridized carbons (Fsp3) is 0.0870. The Morgan fingerprint density at radius 3 is 2.66 bits per heavy atom. The van der Waals surface area contributed by atoms with Crippen molar-refractivity contribution in [1.82, 2.24) is 15.6 Å². The molecule has 4 rings (SSSR count). The van der Waals surface area contributed by atoms with Crippen LogP contribution in [0.25, 0.3) is 11.3 Å². The molecule has 0 saturated carbocycles. The lowest BCUT2D eigenvalue weighted by Gasteiger charge is -2.02. The number of rotatable bonds is 8. The lowest BCUT2D eigenvalue weighted by molar-refractivity contribution is -0.120. The van der Waals surface area contributed by atoms with Gasteiger partial charge in [0.15, 0.2) is 0 Å². The number of halogens is 2. The number of anilines is 1. The third kappa shape index (κ3) is 6.44. The molecule has 2 N–H and O–H groups in total. The molecule has 9 nitrogen and oxygen atoms in total. The number of nitrogens with zero attached hydrogens (tertiary/aromatic N) is 3. The number of methoxy groups -OCH3 is 1. The molecule has 0 aliphatic carbocycles. The summed E-state index contributed by atoms with van der Waals surface area (Å²) in [5.41, 5.74) is 3.53. The number of hydrazone groups is 1. The average Bonchev–Trinajstić information content (AvgIpc) is 3.48. The van der Waals surface area contributed by atoms with Crippen molar-refractivity contribution in [2.24, 2.45) is 5.10 Å². The van der Waals surface area contributed by atoms with Crippen LogP contribution in [0, 0.1) is 0 Å². The molecule has 0 radical (unpaired) electrons. The number of furan rings is 1. The fourth-order valence-electron chi connectivity index (χ4n) is 2.89. The van der Waals surface area contributed by atoms with Crippen molar-refractivity contribution in [3.05, 3.63) is 81.0 Å². The summed E-state index contributed by atoms with van der Waals surface area (Å²) < 4.78 is 10.8. The van der Waals surface area contributed by atoms with Crippen molar-refractivity contribution in [2.75, 3.05) is 12.4 Å². The molecular formula is C23H17Cl2N5O4S. The van der Waals surface area contributed by atoms with Crippen LogP contribution in [0.1, 0.15) is 21.1 Å². The Bertz CT molecular complexity index is 1380. The van der Waals surface area contributed by atoms with Gasteiger partial charge in [-0.3, -0.25) is 14.9 Å². The number of benzene rings is 2. The van der Waals surface area contributed by atoms with E-state index >= 15 is 0 Å². The summed E-state index contributed by atoms with van der Waals surface area (Å²) in [6.07, 6.45) is 1.31. The molecule has 178 valence electrons. The number of hydrogen-bond donors (Lipinski definition) is 2. The van der Waals surface area contributed by atoms with E-state index < -0.39 is 5.91 Å². The van der Waals surface area contributed by atoms with Crippen LogP contribution < -0.4 is 15.5 Å². The molecule has 0 unspecified atom stereocenters. The summed E-state index contributed by atoms with van der Waals surface area (Å²) in [7, 11) is 1.55. The zero-order valence-electron chi connectivity index (χ0n) is 18.1. The number of aromatic nitrogens is 2. The molecule has 0 saturated heterocycles. The summed E-state index contributed by atoms with van der Waals surface area (Å²) in [6.45, 7) is 0. The van der Waals surface area contributed by atoms with Gasteiger partial charge in [0.25, 0.3) is 5.91 Å². The van der Waals surface area contributed by atoms with E-state index in [1.165, 1.54) is 6.21 Å². The average molecular weight is 530 g/mol. The number of amides is 2. The Kier molecular flexibility index (Phi) is 7.76. The highest BCUT2D eigenvalue weighted by Crippen LogP contribution is 2.31. The van der Waals surface area contributed by atoms with Crippen LogP contribution in [-0.2, 0) is 11.2 Å². The molecule has 12 heteroatoms. The van der Waals surface area contributed by atoms with E-state index in [1.54, 1.807) is 61.7 Å². The van der Waals surface area contributed by atoms with Crippen molar-refractivity contribution >= 4 is 57.7 Å². The lowest BCUT2D eigenvalue weighted by Crippen LogP contribution is -2.19. The maximum absolute atomic E-state index is 12.3. The Labute approximate surface area is 213 Å². The highest BCUT2D eigenvalue weighted by atomic mass is 35.5. The van der Waals surface area contributed by atoms with Crippen molar-refractivity contribution in [3.63, 3.8) is 0 Å². The second-order valence-corrected chi connectivity index (χ2v) is 8.89. The minimum Gasteiger partial charge on any atom is -0.497 e. The SMILES string of the molecule is COc1ccc(C(=O)Nc2nnc(CC(=O)N/N=C\c3ccc(-c4ccc(Cl)cc4Cl)o3)s2)cc1. The fourth-order valence-corrected chi connectivity index (χ4v) is 4.12. The molecule has 0 bridgehead atoms. The first-order valence-corrected chi connectivity index (χ1v) is 11.6. The van der Waals surface area contributed by atoms with Gasteiger partial charge in [0.2, 0.25) is 11.0 Å². The summed E-state index contributed by atoms with van der Waals surface area (Å²) in [4.78, 5) is 24.5. The van der Waals surface area contributed by atoms with Gasteiger partial charge >= 0.3 is 0 Å². The maximum Gasteiger partial charge on any atom is 0.257 e. The molecular weight excluding hydrogens is 513 g/mol. The van der Waals surface area contributed by atoms with Gasteiger partial charge in [0, 0.05) is 16.1 Å². The smallest absolute Gasteiger partial charge is 0.257 e. The van der Waals surface area contributed by atoms with Gasteiger partial charge < -0.3 is 9.15 Å².